The molecule has 6 fully saturated rings. The van der Waals surface area contributed by atoms with E-state index in [0.29, 0.717) is 30.1 Å². The van der Waals surface area contributed by atoms with Crippen LogP contribution < -0.4 is 5.32 Å². The molecule has 0 aromatic rings. The summed E-state index contributed by atoms with van der Waals surface area (Å²) >= 11 is 0. The van der Waals surface area contributed by atoms with Gasteiger partial charge in [0, 0.05) is 11.5 Å². The molecule has 6 aliphatic rings. The molecule has 0 spiro atoms. The average Bonchev–Trinajstić information content (AvgIpc) is 3.07. The van der Waals surface area contributed by atoms with E-state index in [0.717, 1.165) is 38.5 Å². The van der Waals surface area contributed by atoms with E-state index in [1.807, 2.05) is 0 Å². The smallest absolute Gasteiger partial charge is 0.408 e. The molecule has 1 aliphatic heterocycles. The van der Waals surface area contributed by atoms with Crippen LogP contribution in [0.1, 0.15) is 72.6 Å². The van der Waals surface area contributed by atoms with Crippen molar-refractivity contribution in [2.75, 3.05) is 0 Å². The van der Waals surface area contributed by atoms with Crippen molar-refractivity contribution in [3.8, 4) is 6.07 Å². The van der Waals surface area contributed by atoms with Gasteiger partial charge in [0.05, 0.1) is 11.7 Å². The number of amides is 2. The van der Waals surface area contributed by atoms with E-state index in [2.05, 4.69) is 18.3 Å². The fraction of sp³-hybridized carbons (Fsp3) is 0.875. The van der Waals surface area contributed by atoms with Crippen LogP contribution in [0.3, 0.4) is 0 Å². The number of carbonyl (C=O) groups excluding carboxylic acids is 2. The predicted octanol–water partition coefficient (Wildman–Crippen LogP) is 2.97. The second-order valence-electron chi connectivity index (χ2n) is 12.3. The van der Waals surface area contributed by atoms with Crippen LogP contribution in [0, 0.1) is 40.4 Å². The molecular weight excluding hydrogens is 394 g/mol. The Morgan fingerprint density at radius 1 is 1.19 bits per heavy atom. The summed E-state index contributed by atoms with van der Waals surface area (Å²) in [6.07, 6.45) is 5.03. The number of carbonyl (C=O) groups is 2. The van der Waals surface area contributed by atoms with Gasteiger partial charge in [-0.1, -0.05) is 6.92 Å². The summed E-state index contributed by atoms with van der Waals surface area (Å²) in [6, 6.07) is 1.22. The molecule has 170 valence electrons. The minimum atomic E-state index is -0.762. The van der Waals surface area contributed by atoms with Gasteiger partial charge in [0.1, 0.15) is 17.7 Å². The fourth-order valence-electron chi connectivity index (χ4n) is 8.00. The van der Waals surface area contributed by atoms with E-state index in [1.54, 1.807) is 25.7 Å². The molecule has 4 bridgehead atoms. The van der Waals surface area contributed by atoms with Gasteiger partial charge in [-0.2, -0.15) is 5.26 Å². The third kappa shape index (κ3) is 3.42. The van der Waals surface area contributed by atoms with Crippen molar-refractivity contribution in [1.29, 1.82) is 5.26 Å². The van der Waals surface area contributed by atoms with Gasteiger partial charge >= 0.3 is 6.09 Å². The van der Waals surface area contributed by atoms with Crippen LogP contribution in [0.15, 0.2) is 0 Å². The topological polar surface area (TPSA) is 103 Å². The predicted molar refractivity (Wildman–Crippen MR) is 113 cm³/mol. The second-order valence-corrected chi connectivity index (χ2v) is 12.3. The number of rotatable bonds is 3. The Bertz CT molecular complexity index is 829. The van der Waals surface area contributed by atoms with Gasteiger partial charge in [0.25, 0.3) is 0 Å². The number of fused-ring (bicyclic) bond motifs is 1. The Labute approximate surface area is 184 Å². The van der Waals surface area contributed by atoms with E-state index in [4.69, 9.17) is 4.74 Å². The number of nitrogens with zero attached hydrogens (tertiary/aromatic N) is 2. The van der Waals surface area contributed by atoms with Crippen molar-refractivity contribution in [1.82, 2.24) is 10.2 Å². The van der Waals surface area contributed by atoms with Gasteiger partial charge in [-0.25, -0.2) is 4.79 Å². The third-order valence-electron chi connectivity index (χ3n) is 8.66. The van der Waals surface area contributed by atoms with Crippen molar-refractivity contribution in [2.24, 2.45) is 29.1 Å². The molecular formula is C24H35N3O4. The molecule has 2 N–H and O–H groups in total. The first kappa shape index (κ1) is 21.1. The third-order valence-corrected chi connectivity index (χ3v) is 8.66. The Morgan fingerprint density at radius 2 is 1.84 bits per heavy atom. The molecule has 6 rings (SSSR count). The van der Waals surface area contributed by atoms with Gasteiger partial charge in [-0.05, 0) is 89.4 Å². The molecule has 0 aromatic carbocycles. The normalized spacial score (nSPS) is 45.6. The molecule has 7 heteroatoms. The lowest BCUT2D eigenvalue weighted by molar-refractivity contribution is -0.180. The van der Waals surface area contributed by atoms with Gasteiger partial charge in [0.2, 0.25) is 5.91 Å². The summed E-state index contributed by atoms with van der Waals surface area (Å²) in [5.41, 5.74) is -1.88. The highest BCUT2D eigenvalue weighted by molar-refractivity contribution is 5.88. The molecule has 31 heavy (non-hydrogen) atoms. The Morgan fingerprint density at radius 3 is 2.39 bits per heavy atom. The first-order chi connectivity index (χ1) is 14.4. The highest BCUT2D eigenvalue weighted by Crippen LogP contribution is 2.63. The number of hydrogen-bond donors (Lipinski definition) is 2. The van der Waals surface area contributed by atoms with Crippen LogP contribution in [-0.4, -0.2) is 51.3 Å². The number of hydrogen-bond acceptors (Lipinski definition) is 5. The monoisotopic (exact) mass is 429 g/mol. The maximum absolute atomic E-state index is 14.0. The van der Waals surface area contributed by atoms with E-state index in [1.165, 1.54) is 0 Å². The molecule has 2 amide bonds. The number of ether oxygens (including phenoxy) is 1. The van der Waals surface area contributed by atoms with Crippen LogP contribution in [0.5, 0.6) is 0 Å². The van der Waals surface area contributed by atoms with E-state index in [-0.39, 0.29) is 11.9 Å². The van der Waals surface area contributed by atoms with Crippen LogP contribution in [0.4, 0.5) is 4.79 Å². The Balaban J connectivity index is 1.48. The van der Waals surface area contributed by atoms with E-state index < -0.39 is 34.8 Å². The quantitative estimate of drug-likeness (QED) is 0.718. The maximum Gasteiger partial charge on any atom is 0.408 e. The molecule has 5 saturated carbocycles. The summed E-state index contributed by atoms with van der Waals surface area (Å²) in [7, 11) is 0. The summed E-state index contributed by atoms with van der Waals surface area (Å²) in [5.74, 6) is 1.41. The van der Waals surface area contributed by atoms with E-state index in [9.17, 15) is 20.0 Å². The molecule has 7 nitrogen and oxygen atoms in total. The molecule has 0 radical (unpaired) electrons. The molecule has 5 aliphatic carbocycles. The Hall–Kier alpha value is -1.81. The van der Waals surface area contributed by atoms with Crippen molar-refractivity contribution in [3.63, 3.8) is 0 Å². The highest BCUT2D eigenvalue weighted by Gasteiger charge is 2.65. The number of aliphatic hydroxyl groups is 1. The van der Waals surface area contributed by atoms with Crippen LogP contribution in [-0.2, 0) is 9.53 Å². The number of nitrogens with one attached hydrogen (secondary N) is 1. The zero-order valence-electron chi connectivity index (χ0n) is 19.1. The van der Waals surface area contributed by atoms with E-state index >= 15 is 0 Å². The first-order valence-electron chi connectivity index (χ1n) is 11.9. The molecule has 0 aromatic heterocycles. The summed E-state index contributed by atoms with van der Waals surface area (Å²) in [6.45, 7) is 7.55. The number of piperidine rings is 1. The SMILES string of the molecule is C[C@H]1[C@H]2C[C@@H](C#N)N(C(=O)C(NC(=O)OC(C)(C)C)C34CC5CC(CC(O)(C5)C3)C4)[C@@H]12. The number of nitriles is 1. The average molecular weight is 430 g/mol. The molecule has 7 atom stereocenters. The number of likely N-dealkylation sites (tertiary alicyclic amines) is 1. The number of alkyl carbamates (subject to hydrolysis) is 1. The standard InChI is InChI=1S/C24H35N3O4/c1-13-17-6-16(11-25)27(18(13)17)20(28)19(26-21(29)31-22(2,3)4)23-7-14-5-15(8-23)10-24(30,9-14)12-23/h13-19,30H,5-10,12H2,1-4H3,(H,26,29)/t13-,14?,15?,16-,17+,18-,19?,23?,24?/m0/s1. The largest absolute Gasteiger partial charge is 0.444 e. The highest BCUT2D eigenvalue weighted by atomic mass is 16.6. The zero-order valence-corrected chi connectivity index (χ0v) is 19.1. The van der Waals surface area contributed by atoms with Gasteiger partial charge in [0.15, 0.2) is 0 Å². The van der Waals surface area contributed by atoms with Crippen LogP contribution >= 0.6 is 0 Å². The fourth-order valence-corrected chi connectivity index (χ4v) is 8.00. The van der Waals surface area contributed by atoms with Gasteiger partial charge < -0.3 is 20.1 Å². The minimum Gasteiger partial charge on any atom is -0.444 e. The lowest BCUT2D eigenvalue weighted by atomic mass is 9.46. The molecule has 1 saturated heterocycles. The lowest BCUT2D eigenvalue weighted by Crippen LogP contribution is -2.66. The van der Waals surface area contributed by atoms with Crippen molar-refractivity contribution in [2.45, 2.75) is 102 Å². The first-order valence-corrected chi connectivity index (χ1v) is 11.9. The second kappa shape index (κ2) is 6.60. The van der Waals surface area contributed by atoms with Crippen molar-refractivity contribution < 1.29 is 19.4 Å². The van der Waals surface area contributed by atoms with Crippen molar-refractivity contribution >= 4 is 12.0 Å². The maximum atomic E-state index is 14.0. The summed E-state index contributed by atoms with van der Waals surface area (Å²) in [4.78, 5) is 28.6. The molecule has 1 heterocycles. The van der Waals surface area contributed by atoms with Gasteiger partial charge in [-0.15, -0.1) is 0 Å². The molecule has 3 unspecified atom stereocenters. The van der Waals surface area contributed by atoms with Crippen LogP contribution in [0.25, 0.3) is 0 Å². The summed E-state index contributed by atoms with van der Waals surface area (Å²) in [5, 5.41) is 23.9. The lowest BCUT2D eigenvalue weighted by Gasteiger charge is -2.62. The van der Waals surface area contributed by atoms with Crippen LogP contribution in [0.2, 0.25) is 0 Å². The zero-order chi connectivity index (χ0) is 22.3. The van der Waals surface area contributed by atoms with Crippen molar-refractivity contribution in [3.05, 3.63) is 0 Å². The Kier molecular flexibility index (Phi) is 4.48. The minimum absolute atomic E-state index is 0.0945. The van der Waals surface area contributed by atoms with Gasteiger partial charge in [-0.3, -0.25) is 4.79 Å². The summed E-state index contributed by atoms with van der Waals surface area (Å²) < 4.78 is 5.53.